The number of likely N-dealkylation sites (N-methyl/N-ethyl adjacent to an activating group) is 1. The van der Waals surface area contributed by atoms with E-state index < -0.39 is 9.84 Å². The Labute approximate surface area is 134 Å². The van der Waals surface area contributed by atoms with Crippen molar-refractivity contribution >= 4 is 22.2 Å². The van der Waals surface area contributed by atoms with Gasteiger partial charge >= 0.3 is 0 Å². The summed E-state index contributed by atoms with van der Waals surface area (Å²) in [4.78, 5) is 2.85. The molecular weight excluding hydrogens is 308 g/mol. The van der Waals surface area contributed by atoms with E-state index in [2.05, 4.69) is 17.1 Å². The van der Waals surface area contributed by atoms with Gasteiger partial charge in [0.1, 0.15) is 0 Å². The van der Waals surface area contributed by atoms with Gasteiger partial charge in [-0.3, -0.25) is 4.90 Å². The van der Waals surface area contributed by atoms with Crippen molar-refractivity contribution in [2.75, 3.05) is 26.4 Å². The summed E-state index contributed by atoms with van der Waals surface area (Å²) in [5, 5.41) is 3.35. The van der Waals surface area contributed by atoms with Gasteiger partial charge in [0.15, 0.2) is 9.84 Å². The lowest BCUT2D eigenvalue weighted by Crippen LogP contribution is -2.45. The molecule has 4 nitrogen and oxygen atoms in total. The Kier molecular flexibility index (Phi) is 6.66. The summed E-state index contributed by atoms with van der Waals surface area (Å²) in [5.41, 5.74) is 1.18. The topological polar surface area (TPSA) is 49.4 Å². The summed E-state index contributed by atoms with van der Waals surface area (Å²) < 4.78 is 23.0. The molecule has 6 heteroatoms. The highest BCUT2D eigenvalue weighted by Crippen LogP contribution is 2.25. The molecule has 0 amide bonds. The smallest absolute Gasteiger partial charge is 0.175 e. The van der Waals surface area contributed by atoms with E-state index in [0.29, 0.717) is 17.0 Å². The molecule has 1 aliphatic rings. The van der Waals surface area contributed by atoms with Crippen LogP contribution in [0.1, 0.15) is 31.4 Å². The van der Waals surface area contributed by atoms with Crippen molar-refractivity contribution in [3.8, 4) is 0 Å². The summed E-state index contributed by atoms with van der Waals surface area (Å²) in [7, 11) is -1.09. The van der Waals surface area contributed by atoms with E-state index in [1.807, 2.05) is 19.2 Å². The van der Waals surface area contributed by atoms with E-state index in [1.165, 1.54) is 24.7 Å². The van der Waals surface area contributed by atoms with Gasteiger partial charge in [-0.2, -0.15) is 0 Å². The third-order valence-electron chi connectivity index (χ3n) is 4.20. The molecule has 0 radical (unpaired) electrons. The highest BCUT2D eigenvalue weighted by atomic mass is 35.5. The molecule has 120 valence electrons. The molecular formula is C15H25ClN2O2S. The van der Waals surface area contributed by atoms with Crippen LogP contribution in [-0.4, -0.2) is 45.8 Å². The van der Waals surface area contributed by atoms with Crippen LogP contribution in [0.2, 0.25) is 0 Å². The zero-order chi connectivity index (χ0) is 14.8. The predicted octanol–water partition coefficient (Wildman–Crippen LogP) is 2.26. The van der Waals surface area contributed by atoms with Gasteiger partial charge in [0.2, 0.25) is 0 Å². The predicted molar refractivity (Wildman–Crippen MR) is 88.9 cm³/mol. The number of benzene rings is 1. The molecule has 1 aliphatic heterocycles. The van der Waals surface area contributed by atoms with Crippen molar-refractivity contribution in [1.82, 2.24) is 10.2 Å². The maximum Gasteiger partial charge on any atom is 0.175 e. The highest BCUT2D eigenvalue weighted by molar-refractivity contribution is 7.90. The molecule has 1 N–H and O–H groups in total. The van der Waals surface area contributed by atoms with Gasteiger partial charge in [-0.1, -0.05) is 12.1 Å². The Morgan fingerprint density at radius 3 is 2.43 bits per heavy atom. The number of piperidine rings is 1. The minimum atomic E-state index is -3.11. The van der Waals surface area contributed by atoms with Crippen LogP contribution in [-0.2, 0) is 9.84 Å². The zero-order valence-electron chi connectivity index (χ0n) is 12.9. The molecule has 1 heterocycles. The molecule has 2 rings (SSSR count). The fraction of sp³-hybridized carbons (Fsp3) is 0.600. The van der Waals surface area contributed by atoms with E-state index in [-0.39, 0.29) is 12.4 Å². The van der Waals surface area contributed by atoms with Crippen molar-refractivity contribution in [2.45, 2.75) is 36.7 Å². The molecule has 1 aromatic rings. The number of nitrogens with one attached hydrogen (secondary N) is 1. The summed E-state index contributed by atoms with van der Waals surface area (Å²) in [6.45, 7) is 4.34. The quantitative estimate of drug-likeness (QED) is 0.918. The van der Waals surface area contributed by atoms with Crippen LogP contribution in [0.4, 0.5) is 0 Å². The number of sulfone groups is 1. The van der Waals surface area contributed by atoms with Crippen molar-refractivity contribution in [3.63, 3.8) is 0 Å². The number of hydrogen-bond donors (Lipinski definition) is 1. The minimum Gasteiger partial charge on any atom is -0.316 e. The number of nitrogens with zero attached hydrogens (tertiary/aromatic N) is 1. The second-order valence-electron chi connectivity index (χ2n) is 5.64. The lowest BCUT2D eigenvalue weighted by atomic mass is 10.0. The standard InChI is InChI=1S/C15H24N2O2S.ClH/c1-12(17-10-4-5-14(11-17)16-2)13-6-8-15(9-7-13)20(3,18)19;/h6-9,12,14,16H,4-5,10-11H2,1-3H3;1H. The molecule has 0 bridgehead atoms. The van der Waals surface area contributed by atoms with Crippen molar-refractivity contribution in [3.05, 3.63) is 29.8 Å². The summed E-state index contributed by atoms with van der Waals surface area (Å²) in [6, 6.07) is 8.16. The van der Waals surface area contributed by atoms with Gasteiger partial charge in [-0.15, -0.1) is 12.4 Å². The SMILES string of the molecule is CNC1CCCN(C(C)c2ccc(S(C)(=O)=O)cc2)C1.Cl. The van der Waals surface area contributed by atoms with Crippen LogP contribution in [0.15, 0.2) is 29.2 Å². The molecule has 0 spiro atoms. The number of hydrogen-bond acceptors (Lipinski definition) is 4. The van der Waals surface area contributed by atoms with Gasteiger partial charge in [0, 0.05) is 24.9 Å². The van der Waals surface area contributed by atoms with Gasteiger partial charge in [-0.05, 0) is 51.1 Å². The Morgan fingerprint density at radius 2 is 1.90 bits per heavy atom. The van der Waals surface area contributed by atoms with Crippen LogP contribution in [0.5, 0.6) is 0 Å². The van der Waals surface area contributed by atoms with Crippen molar-refractivity contribution in [2.24, 2.45) is 0 Å². The maximum absolute atomic E-state index is 11.5. The summed E-state index contributed by atoms with van der Waals surface area (Å²) in [5.74, 6) is 0. The largest absolute Gasteiger partial charge is 0.316 e. The molecule has 1 aromatic carbocycles. The van der Waals surface area contributed by atoms with Crippen LogP contribution in [0.3, 0.4) is 0 Å². The van der Waals surface area contributed by atoms with Gasteiger partial charge in [-0.25, -0.2) is 8.42 Å². The second kappa shape index (κ2) is 7.58. The van der Waals surface area contributed by atoms with Crippen LogP contribution in [0, 0.1) is 0 Å². The van der Waals surface area contributed by atoms with E-state index >= 15 is 0 Å². The van der Waals surface area contributed by atoms with Crippen LogP contribution >= 0.6 is 12.4 Å². The molecule has 0 aromatic heterocycles. The van der Waals surface area contributed by atoms with Gasteiger partial charge in [0.05, 0.1) is 4.90 Å². The summed E-state index contributed by atoms with van der Waals surface area (Å²) in [6.07, 6.45) is 3.68. The van der Waals surface area contributed by atoms with Crippen LogP contribution < -0.4 is 5.32 Å². The second-order valence-corrected chi connectivity index (χ2v) is 7.66. The average molecular weight is 333 g/mol. The molecule has 0 aliphatic carbocycles. The monoisotopic (exact) mass is 332 g/mol. The van der Waals surface area contributed by atoms with E-state index in [1.54, 1.807) is 12.1 Å². The van der Waals surface area contributed by atoms with Gasteiger partial charge in [0.25, 0.3) is 0 Å². The van der Waals surface area contributed by atoms with Crippen molar-refractivity contribution in [1.29, 1.82) is 0 Å². The minimum absolute atomic E-state index is 0. The maximum atomic E-state index is 11.5. The molecule has 21 heavy (non-hydrogen) atoms. The van der Waals surface area contributed by atoms with E-state index in [9.17, 15) is 8.42 Å². The van der Waals surface area contributed by atoms with Crippen molar-refractivity contribution < 1.29 is 8.42 Å². The average Bonchev–Trinajstić information content (AvgIpc) is 2.46. The number of likely N-dealkylation sites (tertiary alicyclic amines) is 1. The van der Waals surface area contributed by atoms with Gasteiger partial charge < -0.3 is 5.32 Å². The number of rotatable bonds is 4. The fourth-order valence-corrected chi connectivity index (χ4v) is 3.43. The first-order chi connectivity index (χ1) is 9.41. The third kappa shape index (κ3) is 4.68. The lowest BCUT2D eigenvalue weighted by Gasteiger charge is -2.37. The zero-order valence-corrected chi connectivity index (χ0v) is 14.5. The normalized spacial score (nSPS) is 21.6. The first kappa shape index (κ1) is 18.4. The lowest BCUT2D eigenvalue weighted by molar-refractivity contribution is 0.149. The molecule has 2 unspecified atom stereocenters. The Bertz CT molecular complexity index is 545. The van der Waals surface area contributed by atoms with Crippen LogP contribution in [0.25, 0.3) is 0 Å². The molecule has 0 saturated carbocycles. The summed E-state index contributed by atoms with van der Waals surface area (Å²) >= 11 is 0. The number of halogens is 1. The third-order valence-corrected chi connectivity index (χ3v) is 5.33. The Balaban J connectivity index is 0.00000220. The molecule has 1 fully saturated rings. The highest BCUT2D eigenvalue weighted by Gasteiger charge is 2.23. The first-order valence-electron chi connectivity index (χ1n) is 7.13. The fourth-order valence-electron chi connectivity index (χ4n) is 2.80. The molecule has 1 saturated heterocycles. The van der Waals surface area contributed by atoms with E-state index in [4.69, 9.17) is 0 Å². The first-order valence-corrected chi connectivity index (χ1v) is 9.02. The van der Waals surface area contributed by atoms with E-state index in [0.717, 1.165) is 13.1 Å². The Hall–Kier alpha value is -0.620. The molecule has 2 atom stereocenters. The Morgan fingerprint density at radius 1 is 1.29 bits per heavy atom.